The van der Waals surface area contributed by atoms with E-state index in [1.54, 1.807) is 29.0 Å². The molecule has 0 saturated carbocycles. The number of carbonyl (C=O) groups excluding carboxylic acids is 1. The molecule has 0 fully saturated rings. The lowest BCUT2D eigenvalue weighted by atomic mass is 10.1. The van der Waals surface area contributed by atoms with Gasteiger partial charge < -0.3 is 5.32 Å². The van der Waals surface area contributed by atoms with Crippen LogP contribution in [0.5, 0.6) is 0 Å². The molecule has 10 heteroatoms. The van der Waals surface area contributed by atoms with Crippen molar-refractivity contribution in [1.82, 2.24) is 34.6 Å². The van der Waals surface area contributed by atoms with Gasteiger partial charge in [0.2, 0.25) is 0 Å². The van der Waals surface area contributed by atoms with Crippen LogP contribution in [0.4, 0.5) is 5.69 Å². The van der Waals surface area contributed by atoms with E-state index in [1.165, 1.54) is 19.2 Å². The zero-order chi connectivity index (χ0) is 22.1. The molecule has 5 aromatic rings. The molecule has 156 valence electrons. The van der Waals surface area contributed by atoms with Crippen LogP contribution in [0.25, 0.3) is 28.3 Å². The fourth-order valence-electron chi connectivity index (χ4n) is 3.16. The quantitative estimate of drug-likeness (QED) is 0.470. The lowest BCUT2D eigenvalue weighted by molar-refractivity contribution is 0.102. The summed E-state index contributed by atoms with van der Waals surface area (Å²) < 4.78 is 2.79. The normalized spacial score (nSPS) is 10.9. The third kappa shape index (κ3) is 3.60. The average Bonchev–Trinajstić information content (AvgIpc) is 3.25. The van der Waals surface area contributed by atoms with Gasteiger partial charge in [-0.05, 0) is 42.5 Å². The molecule has 0 saturated heterocycles. The van der Waals surface area contributed by atoms with Crippen LogP contribution in [-0.4, -0.2) is 40.5 Å². The Morgan fingerprint density at radius 3 is 2.50 bits per heavy atom. The number of benzene rings is 1. The highest BCUT2D eigenvalue weighted by Gasteiger charge is 2.12. The summed E-state index contributed by atoms with van der Waals surface area (Å²) in [5.74, 6) is 0.196. The van der Waals surface area contributed by atoms with E-state index in [1.807, 2.05) is 36.4 Å². The molecule has 1 amide bonds. The van der Waals surface area contributed by atoms with Gasteiger partial charge in [0.05, 0.1) is 5.69 Å². The van der Waals surface area contributed by atoms with E-state index in [0.717, 1.165) is 21.5 Å². The van der Waals surface area contributed by atoms with Gasteiger partial charge in [0.25, 0.3) is 11.5 Å². The van der Waals surface area contributed by atoms with Crippen LogP contribution in [0.15, 0.2) is 77.9 Å². The maximum atomic E-state index is 12.4. The Balaban J connectivity index is 1.40. The predicted octanol–water partition coefficient (Wildman–Crippen LogP) is 2.20. The first-order valence-corrected chi connectivity index (χ1v) is 9.67. The predicted molar refractivity (Wildman–Crippen MR) is 117 cm³/mol. The molecule has 32 heavy (non-hydrogen) atoms. The smallest absolute Gasteiger partial charge is 0.276 e. The summed E-state index contributed by atoms with van der Waals surface area (Å²) in [4.78, 5) is 28.0. The van der Waals surface area contributed by atoms with E-state index < -0.39 is 5.91 Å². The van der Waals surface area contributed by atoms with Crippen LogP contribution in [0.1, 0.15) is 10.5 Å². The number of fused-ring (bicyclic) bond motifs is 1. The van der Waals surface area contributed by atoms with Crippen molar-refractivity contribution in [2.24, 2.45) is 7.05 Å². The van der Waals surface area contributed by atoms with E-state index in [0.29, 0.717) is 17.2 Å². The SMILES string of the molecule is Cn1nc(C(=O)Nc2ccc(-c3ccc4nnc(-c5cccnc5)n4n3)cc2)ccc1=O. The molecule has 1 N–H and O–H groups in total. The fraction of sp³-hybridized carbons (Fsp3) is 0.0455. The number of aryl methyl sites for hydroxylation is 1. The molecule has 0 unspecified atom stereocenters. The number of anilines is 1. The number of hydrogen-bond acceptors (Lipinski definition) is 7. The Morgan fingerprint density at radius 1 is 0.906 bits per heavy atom. The fourth-order valence-corrected chi connectivity index (χ4v) is 3.16. The molecule has 4 aromatic heterocycles. The first kappa shape index (κ1) is 19.2. The van der Waals surface area contributed by atoms with Gasteiger partial charge in [-0.15, -0.1) is 10.2 Å². The largest absolute Gasteiger partial charge is 0.321 e. The maximum absolute atomic E-state index is 12.4. The number of nitrogens with one attached hydrogen (secondary N) is 1. The van der Waals surface area contributed by atoms with Crippen LogP contribution >= 0.6 is 0 Å². The van der Waals surface area contributed by atoms with Crippen molar-refractivity contribution < 1.29 is 4.79 Å². The molecule has 0 aliphatic carbocycles. The topological polar surface area (TPSA) is 120 Å². The molecule has 4 heterocycles. The van der Waals surface area contributed by atoms with Gasteiger partial charge in [0.1, 0.15) is 5.69 Å². The summed E-state index contributed by atoms with van der Waals surface area (Å²) in [5.41, 5.74) is 3.48. The number of pyridine rings is 1. The molecule has 5 rings (SSSR count). The molecular formula is C22H16N8O2. The average molecular weight is 424 g/mol. The first-order valence-electron chi connectivity index (χ1n) is 9.67. The molecule has 0 aliphatic rings. The second kappa shape index (κ2) is 7.84. The minimum Gasteiger partial charge on any atom is -0.321 e. The highest BCUT2D eigenvalue weighted by atomic mass is 16.2. The van der Waals surface area contributed by atoms with Gasteiger partial charge in [0, 0.05) is 42.3 Å². The van der Waals surface area contributed by atoms with Gasteiger partial charge in [-0.2, -0.15) is 14.7 Å². The van der Waals surface area contributed by atoms with Crippen LogP contribution in [0.2, 0.25) is 0 Å². The summed E-state index contributed by atoms with van der Waals surface area (Å²) in [5, 5.41) is 19.8. The van der Waals surface area contributed by atoms with E-state index in [2.05, 4.69) is 30.7 Å². The van der Waals surface area contributed by atoms with Crippen molar-refractivity contribution >= 4 is 17.2 Å². The Labute approximate surface area is 181 Å². The van der Waals surface area contributed by atoms with E-state index in [9.17, 15) is 9.59 Å². The highest BCUT2D eigenvalue weighted by molar-refractivity contribution is 6.02. The number of nitrogens with zero attached hydrogens (tertiary/aromatic N) is 7. The number of rotatable bonds is 4. The molecular weight excluding hydrogens is 408 g/mol. The summed E-state index contributed by atoms with van der Waals surface area (Å²) in [6, 6.07) is 17.4. The Bertz CT molecular complexity index is 1490. The number of aromatic nitrogens is 7. The molecule has 0 aliphatic heterocycles. The number of carbonyl (C=O) groups is 1. The second-order valence-electron chi connectivity index (χ2n) is 6.97. The lowest BCUT2D eigenvalue weighted by Gasteiger charge is -2.07. The molecule has 0 radical (unpaired) electrons. The molecule has 0 bridgehead atoms. The molecule has 0 spiro atoms. The molecule has 1 aromatic carbocycles. The van der Waals surface area contributed by atoms with Gasteiger partial charge in [-0.1, -0.05) is 12.1 Å². The third-order valence-electron chi connectivity index (χ3n) is 4.81. The van der Waals surface area contributed by atoms with E-state index in [-0.39, 0.29) is 11.3 Å². The minimum atomic E-state index is -0.404. The Kier molecular flexibility index (Phi) is 4.71. The van der Waals surface area contributed by atoms with Gasteiger partial charge in [0.15, 0.2) is 11.5 Å². The van der Waals surface area contributed by atoms with Gasteiger partial charge in [-0.3, -0.25) is 14.6 Å². The van der Waals surface area contributed by atoms with Crippen LogP contribution < -0.4 is 10.9 Å². The monoisotopic (exact) mass is 424 g/mol. The lowest BCUT2D eigenvalue weighted by Crippen LogP contribution is -2.23. The maximum Gasteiger partial charge on any atom is 0.276 e. The van der Waals surface area contributed by atoms with Crippen molar-refractivity contribution in [3.63, 3.8) is 0 Å². The second-order valence-corrected chi connectivity index (χ2v) is 6.97. The van der Waals surface area contributed by atoms with Crippen molar-refractivity contribution in [2.45, 2.75) is 0 Å². The third-order valence-corrected chi connectivity index (χ3v) is 4.81. The van der Waals surface area contributed by atoms with Crippen LogP contribution in [-0.2, 0) is 7.05 Å². The Hall–Kier alpha value is -4.73. The summed E-state index contributed by atoms with van der Waals surface area (Å²) >= 11 is 0. The van der Waals surface area contributed by atoms with Crippen molar-refractivity contribution in [3.8, 4) is 22.6 Å². The zero-order valence-corrected chi connectivity index (χ0v) is 16.9. The van der Waals surface area contributed by atoms with Crippen LogP contribution in [0, 0.1) is 0 Å². The van der Waals surface area contributed by atoms with Gasteiger partial charge >= 0.3 is 0 Å². The number of amides is 1. The van der Waals surface area contributed by atoms with Crippen LogP contribution in [0.3, 0.4) is 0 Å². The zero-order valence-electron chi connectivity index (χ0n) is 16.9. The summed E-state index contributed by atoms with van der Waals surface area (Å²) in [6.07, 6.45) is 3.41. The van der Waals surface area contributed by atoms with E-state index in [4.69, 9.17) is 0 Å². The standard InChI is InChI=1S/C22H16N8O2/c1-29-20(31)11-9-18(27-29)22(32)24-16-6-4-14(5-7-16)17-8-10-19-25-26-21(30(19)28-17)15-3-2-12-23-13-15/h2-13H,1H3,(H,24,32). The van der Waals surface area contributed by atoms with Crippen molar-refractivity contribution in [3.05, 3.63) is 89.1 Å². The molecule has 0 atom stereocenters. The Morgan fingerprint density at radius 2 is 1.75 bits per heavy atom. The van der Waals surface area contributed by atoms with Crippen molar-refractivity contribution in [2.75, 3.05) is 5.32 Å². The molecule has 10 nitrogen and oxygen atoms in total. The minimum absolute atomic E-state index is 0.152. The number of hydrogen-bond donors (Lipinski definition) is 1. The summed E-state index contributed by atoms with van der Waals surface area (Å²) in [7, 11) is 1.49. The van der Waals surface area contributed by atoms with E-state index >= 15 is 0 Å². The summed E-state index contributed by atoms with van der Waals surface area (Å²) in [6.45, 7) is 0. The van der Waals surface area contributed by atoms with Gasteiger partial charge in [-0.25, -0.2) is 4.68 Å². The highest BCUT2D eigenvalue weighted by Crippen LogP contribution is 2.22. The van der Waals surface area contributed by atoms with Crippen molar-refractivity contribution in [1.29, 1.82) is 0 Å². The first-order chi connectivity index (χ1) is 15.6.